The zero-order valence-electron chi connectivity index (χ0n) is 10.4. The van der Waals surface area contributed by atoms with Crippen molar-refractivity contribution in [2.75, 3.05) is 10.7 Å². The fourth-order valence-corrected chi connectivity index (χ4v) is 1.52. The molecule has 0 atom stereocenters. The SMILES string of the molecule is N#Cc1cc(F)ccc1Nc1nc(NN)ncc1[N+](=O)[O-]. The quantitative estimate of drug-likeness (QED) is 0.435. The van der Waals surface area contributed by atoms with Crippen LogP contribution in [0.2, 0.25) is 0 Å². The van der Waals surface area contributed by atoms with Crippen molar-refractivity contribution >= 4 is 23.1 Å². The molecular weight excluding hydrogens is 281 g/mol. The Bertz CT molecular complexity index is 744. The lowest BCUT2D eigenvalue weighted by molar-refractivity contribution is -0.384. The van der Waals surface area contributed by atoms with Crippen molar-refractivity contribution < 1.29 is 9.31 Å². The van der Waals surface area contributed by atoms with E-state index in [1.54, 1.807) is 6.07 Å². The second-order valence-electron chi connectivity index (χ2n) is 3.76. The predicted octanol–water partition coefficient (Wildman–Crippen LogP) is 1.42. The maximum atomic E-state index is 13.1. The highest BCUT2D eigenvalue weighted by atomic mass is 19.1. The van der Waals surface area contributed by atoms with Crippen LogP contribution in [-0.2, 0) is 0 Å². The van der Waals surface area contributed by atoms with Gasteiger partial charge in [0.2, 0.25) is 11.8 Å². The number of hydrogen-bond donors (Lipinski definition) is 3. The van der Waals surface area contributed by atoms with Gasteiger partial charge in [-0.2, -0.15) is 10.2 Å². The normalized spacial score (nSPS) is 9.76. The van der Waals surface area contributed by atoms with Crippen molar-refractivity contribution in [3.63, 3.8) is 0 Å². The number of halogens is 1. The van der Waals surface area contributed by atoms with Gasteiger partial charge in [0.15, 0.2) is 0 Å². The van der Waals surface area contributed by atoms with E-state index in [0.717, 1.165) is 18.3 Å². The average Bonchev–Trinajstić information content (AvgIpc) is 2.48. The zero-order chi connectivity index (χ0) is 15.4. The summed E-state index contributed by atoms with van der Waals surface area (Å²) in [5.41, 5.74) is 1.88. The van der Waals surface area contributed by atoms with Crippen molar-refractivity contribution in [2.45, 2.75) is 0 Å². The maximum Gasteiger partial charge on any atom is 0.329 e. The summed E-state index contributed by atoms with van der Waals surface area (Å²) in [6.45, 7) is 0. The molecule has 0 unspecified atom stereocenters. The smallest absolute Gasteiger partial charge is 0.329 e. The molecule has 0 saturated carbocycles. The predicted molar refractivity (Wildman–Crippen MR) is 70.9 cm³/mol. The van der Waals surface area contributed by atoms with Crippen LogP contribution in [0.5, 0.6) is 0 Å². The van der Waals surface area contributed by atoms with Crippen LogP contribution in [0, 0.1) is 27.3 Å². The Morgan fingerprint density at radius 3 is 2.86 bits per heavy atom. The molecule has 0 bridgehead atoms. The molecule has 1 heterocycles. The van der Waals surface area contributed by atoms with Gasteiger partial charge < -0.3 is 5.32 Å². The summed E-state index contributed by atoms with van der Waals surface area (Å²) in [4.78, 5) is 17.7. The van der Waals surface area contributed by atoms with E-state index in [1.165, 1.54) is 6.07 Å². The molecule has 0 radical (unpaired) electrons. The molecule has 1 aromatic heterocycles. The first-order valence-corrected chi connectivity index (χ1v) is 5.50. The summed E-state index contributed by atoms with van der Waals surface area (Å²) in [6.07, 6.45) is 0.958. The summed E-state index contributed by atoms with van der Waals surface area (Å²) in [7, 11) is 0. The summed E-state index contributed by atoms with van der Waals surface area (Å²) in [6, 6.07) is 5.16. The molecule has 0 amide bonds. The molecule has 10 heteroatoms. The number of nitriles is 1. The summed E-state index contributed by atoms with van der Waals surface area (Å²) >= 11 is 0. The van der Waals surface area contributed by atoms with Crippen LogP contribution in [-0.4, -0.2) is 14.9 Å². The Labute approximate surface area is 117 Å². The highest BCUT2D eigenvalue weighted by Crippen LogP contribution is 2.27. The minimum atomic E-state index is -0.696. The highest BCUT2D eigenvalue weighted by molar-refractivity contribution is 5.70. The van der Waals surface area contributed by atoms with E-state index < -0.39 is 16.4 Å². The Kier molecular flexibility index (Phi) is 3.87. The van der Waals surface area contributed by atoms with Crippen LogP contribution >= 0.6 is 0 Å². The number of aromatic nitrogens is 2. The third-order valence-electron chi connectivity index (χ3n) is 2.45. The number of benzene rings is 1. The molecule has 0 fully saturated rings. The Morgan fingerprint density at radius 2 is 2.24 bits per heavy atom. The number of hydrogen-bond acceptors (Lipinski definition) is 8. The topological polar surface area (TPSA) is 143 Å². The van der Waals surface area contributed by atoms with Crippen molar-refractivity contribution in [2.24, 2.45) is 5.84 Å². The van der Waals surface area contributed by atoms with Gasteiger partial charge in [-0.15, -0.1) is 0 Å². The van der Waals surface area contributed by atoms with Gasteiger partial charge >= 0.3 is 5.69 Å². The number of rotatable bonds is 4. The van der Waals surface area contributed by atoms with Crippen LogP contribution in [0.4, 0.5) is 27.5 Å². The van der Waals surface area contributed by atoms with Crippen LogP contribution in [0.25, 0.3) is 0 Å². The molecule has 106 valence electrons. The van der Waals surface area contributed by atoms with E-state index in [0.29, 0.717) is 0 Å². The first kappa shape index (κ1) is 14.1. The maximum absolute atomic E-state index is 13.1. The minimum Gasteiger partial charge on any atom is -0.333 e. The lowest BCUT2D eigenvalue weighted by Gasteiger charge is -2.08. The number of hydrazine groups is 1. The van der Waals surface area contributed by atoms with Crippen LogP contribution in [0.3, 0.4) is 0 Å². The van der Waals surface area contributed by atoms with Crippen LogP contribution in [0.1, 0.15) is 5.56 Å². The van der Waals surface area contributed by atoms with Gasteiger partial charge in [-0.05, 0) is 18.2 Å². The number of nitrogens with zero attached hydrogens (tertiary/aromatic N) is 4. The standard InChI is InChI=1S/C11H8FN7O2/c12-7-1-2-8(6(3-7)4-13)16-10-9(19(20)21)5-15-11(17-10)18-14/h1-3,5H,14H2,(H2,15,16,17,18). The van der Waals surface area contributed by atoms with Crippen molar-refractivity contribution in [1.29, 1.82) is 5.26 Å². The van der Waals surface area contributed by atoms with Gasteiger partial charge in [-0.25, -0.2) is 15.2 Å². The molecule has 0 aliphatic rings. The number of nitrogens with two attached hydrogens (primary N) is 1. The fourth-order valence-electron chi connectivity index (χ4n) is 1.52. The third-order valence-corrected chi connectivity index (χ3v) is 2.45. The number of nitrogen functional groups attached to an aromatic ring is 1. The van der Waals surface area contributed by atoms with E-state index in [1.807, 2.05) is 0 Å². The third kappa shape index (κ3) is 2.99. The van der Waals surface area contributed by atoms with Crippen molar-refractivity contribution in [3.05, 3.63) is 45.9 Å². The Balaban J connectivity index is 2.48. The molecule has 9 nitrogen and oxygen atoms in total. The van der Waals surface area contributed by atoms with E-state index in [2.05, 4.69) is 20.7 Å². The lowest BCUT2D eigenvalue weighted by atomic mass is 10.2. The van der Waals surface area contributed by atoms with Crippen molar-refractivity contribution in [1.82, 2.24) is 9.97 Å². The second-order valence-corrected chi connectivity index (χ2v) is 3.76. The van der Waals surface area contributed by atoms with Gasteiger partial charge in [-0.3, -0.25) is 15.5 Å². The molecule has 21 heavy (non-hydrogen) atoms. The number of nitro groups is 1. The molecule has 2 rings (SSSR count). The fraction of sp³-hybridized carbons (Fsp3) is 0. The van der Waals surface area contributed by atoms with Crippen molar-refractivity contribution in [3.8, 4) is 6.07 Å². The van der Waals surface area contributed by atoms with Crippen LogP contribution < -0.4 is 16.6 Å². The minimum absolute atomic E-state index is 0.0230. The molecule has 1 aromatic carbocycles. The number of nitrogens with one attached hydrogen (secondary N) is 2. The largest absolute Gasteiger partial charge is 0.333 e. The van der Waals surface area contributed by atoms with E-state index >= 15 is 0 Å². The molecule has 2 aromatic rings. The highest BCUT2D eigenvalue weighted by Gasteiger charge is 2.18. The van der Waals surface area contributed by atoms with Crippen LogP contribution in [0.15, 0.2) is 24.4 Å². The molecule has 4 N–H and O–H groups in total. The van der Waals surface area contributed by atoms with E-state index in [9.17, 15) is 14.5 Å². The van der Waals surface area contributed by atoms with Gasteiger partial charge in [0.1, 0.15) is 18.1 Å². The Morgan fingerprint density at radius 1 is 1.48 bits per heavy atom. The summed E-state index contributed by atoms with van der Waals surface area (Å²) in [5.74, 6) is 4.31. The molecule has 0 spiro atoms. The second kappa shape index (κ2) is 5.76. The van der Waals surface area contributed by atoms with Gasteiger partial charge in [-0.1, -0.05) is 0 Å². The molecule has 0 aliphatic heterocycles. The number of anilines is 3. The lowest BCUT2D eigenvalue weighted by Crippen LogP contribution is -2.12. The summed E-state index contributed by atoms with van der Waals surface area (Å²) < 4.78 is 13.1. The van der Waals surface area contributed by atoms with E-state index in [-0.39, 0.29) is 23.0 Å². The summed E-state index contributed by atoms with van der Waals surface area (Å²) in [5, 5.41) is 22.5. The van der Waals surface area contributed by atoms with E-state index in [4.69, 9.17) is 11.1 Å². The first-order chi connectivity index (χ1) is 10.0. The Hall–Kier alpha value is -3.32. The van der Waals surface area contributed by atoms with Gasteiger partial charge in [0.25, 0.3) is 0 Å². The molecular formula is C11H8FN7O2. The monoisotopic (exact) mass is 289 g/mol. The van der Waals surface area contributed by atoms with Gasteiger partial charge in [0.05, 0.1) is 16.2 Å². The zero-order valence-corrected chi connectivity index (χ0v) is 10.4. The molecule has 0 saturated heterocycles. The van der Waals surface area contributed by atoms with Gasteiger partial charge in [0, 0.05) is 0 Å². The average molecular weight is 289 g/mol. The molecule has 0 aliphatic carbocycles. The first-order valence-electron chi connectivity index (χ1n) is 5.50.